The number of carbonyl (C=O) groups is 1. The first-order valence-corrected chi connectivity index (χ1v) is 6.51. The minimum atomic E-state index is -0.474. The first-order chi connectivity index (χ1) is 8.70. The SMILES string of the molecule is CCOC(=O)c1coc(NC(C)c2cccs2)n1. The molecule has 6 heteroatoms. The zero-order valence-electron chi connectivity index (χ0n) is 10.2. The first kappa shape index (κ1) is 12.6. The predicted molar refractivity (Wildman–Crippen MR) is 68.8 cm³/mol. The van der Waals surface area contributed by atoms with Crippen molar-refractivity contribution in [2.24, 2.45) is 0 Å². The highest BCUT2D eigenvalue weighted by molar-refractivity contribution is 7.10. The van der Waals surface area contributed by atoms with Crippen LogP contribution in [0.25, 0.3) is 0 Å². The number of carbonyl (C=O) groups excluding carboxylic acids is 1. The first-order valence-electron chi connectivity index (χ1n) is 5.63. The van der Waals surface area contributed by atoms with Crippen LogP contribution in [0.1, 0.15) is 35.3 Å². The van der Waals surface area contributed by atoms with Crippen LogP contribution in [-0.2, 0) is 4.74 Å². The third-order valence-corrected chi connectivity index (χ3v) is 3.35. The van der Waals surface area contributed by atoms with E-state index in [9.17, 15) is 4.79 Å². The average Bonchev–Trinajstić information content (AvgIpc) is 2.99. The Kier molecular flexibility index (Phi) is 3.99. The molecule has 2 aromatic heterocycles. The van der Waals surface area contributed by atoms with Gasteiger partial charge in [-0.15, -0.1) is 11.3 Å². The van der Waals surface area contributed by atoms with E-state index >= 15 is 0 Å². The molecule has 96 valence electrons. The topological polar surface area (TPSA) is 64.4 Å². The highest BCUT2D eigenvalue weighted by Crippen LogP contribution is 2.22. The second-order valence-electron chi connectivity index (χ2n) is 3.64. The highest BCUT2D eigenvalue weighted by Gasteiger charge is 2.15. The number of ether oxygens (including phenoxy) is 1. The standard InChI is InChI=1S/C12H14N2O3S/c1-3-16-11(15)9-7-17-12(14-9)13-8(2)10-5-4-6-18-10/h4-8H,3H2,1-2H3,(H,13,14). The van der Waals surface area contributed by atoms with Crippen LogP contribution < -0.4 is 5.32 Å². The van der Waals surface area contributed by atoms with Gasteiger partial charge < -0.3 is 14.5 Å². The van der Waals surface area contributed by atoms with Gasteiger partial charge in [0.05, 0.1) is 12.6 Å². The number of oxazole rings is 1. The Bertz CT molecular complexity index is 507. The van der Waals surface area contributed by atoms with Crippen molar-refractivity contribution in [2.45, 2.75) is 19.9 Å². The molecule has 0 saturated heterocycles. The Balaban J connectivity index is 2.00. The van der Waals surface area contributed by atoms with E-state index in [1.807, 2.05) is 24.4 Å². The normalized spacial score (nSPS) is 12.1. The van der Waals surface area contributed by atoms with Crippen LogP contribution in [0.4, 0.5) is 6.01 Å². The summed E-state index contributed by atoms with van der Waals surface area (Å²) in [4.78, 5) is 16.6. The fourth-order valence-electron chi connectivity index (χ4n) is 1.43. The maximum atomic E-state index is 11.4. The average molecular weight is 266 g/mol. The number of aromatic nitrogens is 1. The molecule has 0 aromatic carbocycles. The van der Waals surface area contributed by atoms with Gasteiger partial charge in [-0.1, -0.05) is 6.07 Å². The molecule has 0 fully saturated rings. The van der Waals surface area contributed by atoms with E-state index in [1.54, 1.807) is 18.3 Å². The lowest BCUT2D eigenvalue weighted by atomic mass is 10.3. The van der Waals surface area contributed by atoms with E-state index in [4.69, 9.17) is 9.15 Å². The van der Waals surface area contributed by atoms with Gasteiger partial charge in [-0.05, 0) is 25.3 Å². The van der Waals surface area contributed by atoms with Gasteiger partial charge in [0.15, 0.2) is 5.69 Å². The number of rotatable bonds is 5. The van der Waals surface area contributed by atoms with Crippen LogP contribution in [0.2, 0.25) is 0 Å². The van der Waals surface area contributed by atoms with Gasteiger partial charge in [0.1, 0.15) is 6.26 Å². The van der Waals surface area contributed by atoms with Crippen LogP contribution >= 0.6 is 11.3 Å². The molecule has 5 nitrogen and oxygen atoms in total. The van der Waals surface area contributed by atoms with E-state index in [-0.39, 0.29) is 11.7 Å². The molecule has 2 aromatic rings. The summed E-state index contributed by atoms with van der Waals surface area (Å²) >= 11 is 1.65. The minimum absolute atomic E-state index is 0.0821. The second-order valence-corrected chi connectivity index (χ2v) is 4.62. The monoisotopic (exact) mass is 266 g/mol. The molecule has 1 N–H and O–H groups in total. The minimum Gasteiger partial charge on any atom is -0.461 e. The number of thiophene rings is 1. The molecular formula is C12H14N2O3S. The lowest BCUT2D eigenvalue weighted by Crippen LogP contribution is -2.07. The van der Waals surface area contributed by atoms with Gasteiger partial charge in [0.25, 0.3) is 6.01 Å². The molecule has 0 aliphatic rings. The second kappa shape index (κ2) is 5.68. The number of hydrogen-bond donors (Lipinski definition) is 1. The van der Waals surface area contributed by atoms with E-state index in [1.165, 1.54) is 11.1 Å². The molecule has 0 spiro atoms. The molecule has 0 amide bonds. The van der Waals surface area contributed by atoms with Gasteiger partial charge in [-0.2, -0.15) is 4.98 Å². The summed E-state index contributed by atoms with van der Waals surface area (Å²) in [7, 11) is 0. The Morgan fingerprint density at radius 2 is 2.50 bits per heavy atom. The number of esters is 1. The predicted octanol–water partition coefficient (Wildman–Crippen LogP) is 3.09. The van der Waals surface area contributed by atoms with Crippen molar-refractivity contribution in [1.82, 2.24) is 4.98 Å². The lowest BCUT2D eigenvalue weighted by molar-refractivity contribution is 0.0519. The van der Waals surface area contributed by atoms with Gasteiger partial charge in [0, 0.05) is 4.88 Å². The van der Waals surface area contributed by atoms with Crippen molar-refractivity contribution in [2.75, 3.05) is 11.9 Å². The summed E-state index contributed by atoms with van der Waals surface area (Å²) in [5, 5.41) is 5.09. The summed E-state index contributed by atoms with van der Waals surface area (Å²) in [6.07, 6.45) is 1.29. The molecule has 18 heavy (non-hydrogen) atoms. The van der Waals surface area contributed by atoms with Crippen LogP contribution in [0.3, 0.4) is 0 Å². The molecule has 2 rings (SSSR count). The Hall–Kier alpha value is -1.82. The highest BCUT2D eigenvalue weighted by atomic mass is 32.1. The fourth-order valence-corrected chi connectivity index (χ4v) is 2.17. The van der Waals surface area contributed by atoms with Crippen LogP contribution in [-0.4, -0.2) is 17.6 Å². The zero-order valence-corrected chi connectivity index (χ0v) is 11.0. The zero-order chi connectivity index (χ0) is 13.0. The van der Waals surface area contributed by atoms with Crippen molar-refractivity contribution in [3.8, 4) is 0 Å². The molecular weight excluding hydrogens is 252 g/mol. The van der Waals surface area contributed by atoms with Crippen LogP contribution in [0.15, 0.2) is 28.2 Å². The van der Waals surface area contributed by atoms with Crippen LogP contribution in [0.5, 0.6) is 0 Å². The molecule has 0 bridgehead atoms. The van der Waals surface area contributed by atoms with E-state index in [2.05, 4.69) is 10.3 Å². The van der Waals surface area contributed by atoms with Crippen molar-refractivity contribution in [1.29, 1.82) is 0 Å². The summed E-state index contributed by atoms with van der Waals surface area (Å²) < 4.78 is 10.0. The van der Waals surface area contributed by atoms with Gasteiger partial charge in [-0.25, -0.2) is 4.79 Å². The van der Waals surface area contributed by atoms with E-state index in [0.29, 0.717) is 12.6 Å². The Labute approximate surface area is 109 Å². The van der Waals surface area contributed by atoms with Gasteiger partial charge in [-0.3, -0.25) is 0 Å². The van der Waals surface area contributed by atoms with E-state index in [0.717, 1.165) is 0 Å². The van der Waals surface area contributed by atoms with Crippen molar-refractivity contribution in [3.05, 3.63) is 34.3 Å². The number of anilines is 1. The smallest absolute Gasteiger partial charge is 0.360 e. The maximum absolute atomic E-state index is 11.4. The molecule has 0 aliphatic heterocycles. The Morgan fingerprint density at radius 3 is 3.17 bits per heavy atom. The molecule has 0 radical (unpaired) electrons. The number of hydrogen-bond acceptors (Lipinski definition) is 6. The molecule has 0 aliphatic carbocycles. The molecule has 1 atom stereocenters. The molecule has 0 saturated carbocycles. The largest absolute Gasteiger partial charge is 0.461 e. The maximum Gasteiger partial charge on any atom is 0.360 e. The summed E-state index contributed by atoms with van der Waals surface area (Å²) in [5.41, 5.74) is 0.178. The number of nitrogens with one attached hydrogen (secondary N) is 1. The number of nitrogens with zero attached hydrogens (tertiary/aromatic N) is 1. The summed E-state index contributed by atoms with van der Waals surface area (Å²) in [6, 6.07) is 4.41. The van der Waals surface area contributed by atoms with E-state index < -0.39 is 5.97 Å². The fraction of sp³-hybridized carbons (Fsp3) is 0.333. The van der Waals surface area contributed by atoms with Crippen LogP contribution in [0, 0.1) is 0 Å². The molecule has 2 heterocycles. The van der Waals surface area contributed by atoms with Crippen molar-refractivity contribution >= 4 is 23.3 Å². The van der Waals surface area contributed by atoms with Crippen molar-refractivity contribution in [3.63, 3.8) is 0 Å². The summed E-state index contributed by atoms with van der Waals surface area (Å²) in [5.74, 6) is -0.474. The third-order valence-electron chi connectivity index (χ3n) is 2.30. The quantitative estimate of drug-likeness (QED) is 0.842. The third kappa shape index (κ3) is 2.89. The van der Waals surface area contributed by atoms with Crippen molar-refractivity contribution < 1.29 is 13.9 Å². The molecule has 1 unspecified atom stereocenters. The van der Waals surface area contributed by atoms with Gasteiger partial charge in [0.2, 0.25) is 0 Å². The lowest BCUT2D eigenvalue weighted by Gasteiger charge is -2.08. The summed E-state index contributed by atoms with van der Waals surface area (Å²) in [6.45, 7) is 4.07. The Morgan fingerprint density at radius 1 is 1.67 bits per heavy atom. The van der Waals surface area contributed by atoms with Gasteiger partial charge >= 0.3 is 5.97 Å².